The monoisotopic (exact) mass is 264 g/mol. The third-order valence-corrected chi connectivity index (χ3v) is 0. The normalized spacial score (nSPS) is 11.2. The van der Waals surface area contributed by atoms with Crippen molar-refractivity contribution in [2.24, 2.45) is 0 Å². The zero-order chi connectivity index (χ0) is 3.58. The second-order valence-electron chi connectivity index (χ2n) is 0.529. The van der Waals surface area contributed by atoms with E-state index in [1.54, 1.807) is 0 Å². The number of rotatable bonds is 0. The first-order valence-corrected chi connectivity index (χ1v) is 8.09. The van der Waals surface area contributed by atoms with Gasteiger partial charge in [0, 0.05) is 0 Å². The molecule has 0 saturated heterocycles. The third kappa shape index (κ3) is 9.80. The minimum absolute atomic E-state index is 0.0800. The molecule has 0 aromatic heterocycles. The van der Waals surface area contributed by atoms with Crippen LogP contribution >= 0.6 is 19.0 Å². The molecule has 32 valence electrons. The zero-order valence-corrected chi connectivity index (χ0v) is 6.32. The van der Waals surface area contributed by atoms with Crippen LogP contribution in [0.3, 0.4) is 0 Å². The molecule has 0 atom stereocenters. The molecule has 0 spiro atoms. The van der Waals surface area contributed by atoms with Gasteiger partial charge in [0.05, 0.1) is 0 Å². The maximum absolute atomic E-state index is 2.45. The molecule has 0 bridgehead atoms. The van der Waals surface area contributed by atoms with Crippen LogP contribution in [0.15, 0.2) is 0 Å². The van der Waals surface area contributed by atoms with Crippen LogP contribution in [0.1, 0.15) is 0 Å². The average Bonchev–Trinajstić information content (AvgIpc) is 0.811. The molecule has 0 rings (SSSR count). The SMILES string of the molecule is [CH3][Ag]([CH3])[I]. The number of halogens is 1. The summed E-state index contributed by atoms with van der Waals surface area (Å²) in [6.45, 7) is 0. The van der Waals surface area contributed by atoms with E-state index in [0.29, 0.717) is 0 Å². The van der Waals surface area contributed by atoms with Gasteiger partial charge in [0.2, 0.25) is 0 Å². The Hall–Kier alpha value is 1.47. The summed E-state index contributed by atoms with van der Waals surface area (Å²) in [5, 5.41) is 4.51. The van der Waals surface area contributed by atoms with Gasteiger partial charge in [-0.1, -0.05) is 0 Å². The van der Waals surface area contributed by atoms with Gasteiger partial charge in [0.25, 0.3) is 0 Å². The molecule has 0 nitrogen and oxygen atoms in total. The Morgan fingerprint density at radius 3 is 1.50 bits per heavy atom. The van der Waals surface area contributed by atoms with Crippen molar-refractivity contribution >= 4 is 19.0 Å². The Morgan fingerprint density at radius 2 is 1.50 bits per heavy atom. The molecule has 0 aliphatic carbocycles. The van der Waals surface area contributed by atoms with Crippen LogP contribution in [0.4, 0.5) is 0 Å². The van der Waals surface area contributed by atoms with E-state index in [2.05, 4.69) is 29.3 Å². The van der Waals surface area contributed by atoms with Crippen molar-refractivity contribution in [3.05, 3.63) is 0 Å². The van der Waals surface area contributed by atoms with E-state index < -0.39 is 0 Å². The quantitative estimate of drug-likeness (QED) is 0.464. The number of hydrogen-bond acceptors (Lipinski definition) is 0. The van der Waals surface area contributed by atoms with Crippen molar-refractivity contribution in [1.82, 2.24) is 0 Å². The van der Waals surface area contributed by atoms with E-state index in [9.17, 15) is 0 Å². The Labute approximate surface area is 43.6 Å². The minimum atomic E-state index is 0.0800. The van der Waals surface area contributed by atoms with Crippen molar-refractivity contribution < 1.29 is 14.6 Å². The van der Waals surface area contributed by atoms with Crippen LogP contribution < -0.4 is 0 Å². The molecule has 4 heavy (non-hydrogen) atoms. The summed E-state index contributed by atoms with van der Waals surface area (Å²) >= 11 is 2.53. The van der Waals surface area contributed by atoms with Gasteiger partial charge >= 0.3 is 43.9 Å². The van der Waals surface area contributed by atoms with Crippen LogP contribution in [0.2, 0.25) is 10.3 Å². The molecule has 0 aromatic rings. The van der Waals surface area contributed by atoms with Gasteiger partial charge in [-0.05, 0) is 0 Å². The van der Waals surface area contributed by atoms with Crippen molar-refractivity contribution in [1.29, 1.82) is 0 Å². The van der Waals surface area contributed by atoms with Crippen molar-refractivity contribution in [3.63, 3.8) is 0 Å². The van der Waals surface area contributed by atoms with Crippen molar-refractivity contribution in [2.75, 3.05) is 0 Å². The molecule has 0 aliphatic rings. The fourth-order valence-corrected chi connectivity index (χ4v) is 0. The zero-order valence-electron chi connectivity index (χ0n) is 2.68. The molecule has 2 heteroatoms. The molecule has 0 aliphatic heterocycles. The van der Waals surface area contributed by atoms with E-state index in [1.807, 2.05) is 0 Å². The second kappa shape index (κ2) is 2.69. The van der Waals surface area contributed by atoms with Crippen molar-refractivity contribution in [2.45, 2.75) is 10.3 Å². The van der Waals surface area contributed by atoms with E-state index in [0.717, 1.165) is 0 Å². The molecule has 0 saturated carbocycles. The van der Waals surface area contributed by atoms with Crippen molar-refractivity contribution in [3.8, 4) is 0 Å². The molecule has 0 unspecified atom stereocenters. The van der Waals surface area contributed by atoms with Crippen LogP contribution in [0.5, 0.6) is 0 Å². The fourth-order valence-electron chi connectivity index (χ4n) is 0. The molecule has 0 aromatic carbocycles. The Balaban J connectivity index is 2.32. The average molecular weight is 265 g/mol. The van der Waals surface area contributed by atoms with Gasteiger partial charge in [-0.15, -0.1) is 0 Å². The second-order valence-corrected chi connectivity index (χ2v) is 10.8. The molecular formula is C2H6AgI. The van der Waals surface area contributed by atoms with E-state index in [4.69, 9.17) is 0 Å². The van der Waals surface area contributed by atoms with E-state index in [-0.39, 0.29) is 14.6 Å². The Morgan fingerprint density at radius 1 is 1.50 bits per heavy atom. The maximum atomic E-state index is 2.45. The molecule has 0 fully saturated rings. The van der Waals surface area contributed by atoms with E-state index in [1.165, 1.54) is 0 Å². The fraction of sp³-hybridized carbons (Fsp3) is 1.00. The summed E-state index contributed by atoms with van der Waals surface area (Å²) in [6, 6.07) is 0. The van der Waals surface area contributed by atoms with Gasteiger partial charge in [0.15, 0.2) is 0 Å². The van der Waals surface area contributed by atoms with Crippen LogP contribution in [-0.2, 0) is 14.6 Å². The van der Waals surface area contributed by atoms with E-state index >= 15 is 0 Å². The van der Waals surface area contributed by atoms with Gasteiger partial charge in [0.1, 0.15) is 0 Å². The van der Waals surface area contributed by atoms with Gasteiger partial charge in [-0.2, -0.15) is 0 Å². The van der Waals surface area contributed by atoms with Crippen LogP contribution in [0.25, 0.3) is 0 Å². The predicted molar refractivity (Wildman–Crippen MR) is 25.7 cm³/mol. The van der Waals surface area contributed by atoms with Gasteiger partial charge in [-0.25, -0.2) is 0 Å². The summed E-state index contributed by atoms with van der Waals surface area (Å²) in [4.78, 5) is 0. The molecule has 0 heterocycles. The molecule has 0 radical (unpaired) electrons. The Bertz CT molecular complexity index is 10.8. The molecule has 0 amide bonds. The summed E-state index contributed by atoms with van der Waals surface area (Å²) in [6.07, 6.45) is 0. The summed E-state index contributed by atoms with van der Waals surface area (Å²) in [7, 11) is 0. The first-order chi connectivity index (χ1) is 1.73. The standard InChI is InChI=1S/2CH3.Ag.HI/h2*1H3;;1H/q;;+1;/p-1. The molecule has 0 N–H and O–H groups in total. The topological polar surface area (TPSA) is 0 Å². The van der Waals surface area contributed by atoms with Crippen LogP contribution in [-0.4, -0.2) is 0 Å². The molecular weight excluding hydrogens is 259 g/mol. The first kappa shape index (κ1) is 5.47. The van der Waals surface area contributed by atoms with Crippen LogP contribution in [0, 0.1) is 0 Å². The summed E-state index contributed by atoms with van der Waals surface area (Å²) in [5.41, 5.74) is 0. The Kier molecular flexibility index (Phi) is 3.68. The summed E-state index contributed by atoms with van der Waals surface area (Å²) in [5.74, 6) is 0. The predicted octanol–water partition coefficient (Wildman–Crippen LogP) is 2.05. The third-order valence-electron chi connectivity index (χ3n) is 0. The first-order valence-electron chi connectivity index (χ1n) is 0.717. The van der Waals surface area contributed by atoms with Gasteiger partial charge < -0.3 is 0 Å². The summed E-state index contributed by atoms with van der Waals surface area (Å²) < 4.78 is 0. The van der Waals surface area contributed by atoms with Gasteiger partial charge in [-0.3, -0.25) is 0 Å². The number of hydrogen-bond donors (Lipinski definition) is 0.